The number of hydrogen-bond acceptors (Lipinski definition) is 7. The molecule has 0 aliphatic heterocycles. The molecule has 0 saturated heterocycles. The Morgan fingerprint density at radius 1 is 1.38 bits per heavy atom. The van der Waals surface area contributed by atoms with Gasteiger partial charge in [-0.05, 0) is 42.8 Å². The van der Waals surface area contributed by atoms with Gasteiger partial charge in [0.25, 0.3) is 11.2 Å². The van der Waals surface area contributed by atoms with Crippen LogP contribution in [0.2, 0.25) is 0 Å². The SMILES string of the molecule is Cc1c(C#N)c(O)n(C(C)C)c(=O)c1N=Nc1ccc([N+](=O)[O-])cc1Br. The quantitative estimate of drug-likeness (QED) is 0.444. The van der Waals surface area contributed by atoms with Crippen molar-refractivity contribution in [3.8, 4) is 11.9 Å². The summed E-state index contributed by atoms with van der Waals surface area (Å²) in [5, 5.41) is 38.1. The first-order valence-corrected chi connectivity index (χ1v) is 8.22. The standard InChI is InChI=1S/C16H14BrN5O4/c1-8(2)21-15(23)11(7-18)9(3)14(16(21)24)20-19-13-5-4-10(22(25)26)6-12(13)17/h4-6,8,23H,1-3H3. The maximum atomic E-state index is 12.6. The van der Waals surface area contributed by atoms with E-state index in [9.17, 15) is 25.3 Å². The summed E-state index contributed by atoms with van der Waals surface area (Å²) in [5.41, 5.74) is -0.375. The lowest BCUT2D eigenvalue weighted by molar-refractivity contribution is -0.384. The van der Waals surface area contributed by atoms with Crippen LogP contribution in [-0.2, 0) is 0 Å². The molecule has 0 amide bonds. The second-order valence-electron chi connectivity index (χ2n) is 5.65. The first kappa shape index (κ1) is 19.3. The van der Waals surface area contributed by atoms with E-state index < -0.39 is 22.4 Å². The highest BCUT2D eigenvalue weighted by molar-refractivity contribution is 9.10. The number of aromatic hydroxyl groups is 1. The zero-order chi connectivity index (χ0) is 19.6. The van der Waals surface area contributed by atoms with Crippen molar-refractivity contribution in [2.75, 3.05) is 0 Å². The van der Waals surface area contributed by atoms with Gasteiger partial charge in [0.15, 0.2) is 5.69 Å². The van der Waals surface area contributed by atoms with E-state index in [0.29, 0.717) is 4.47 Å². The maximum Gasteiger partial charge on any atom is 0.281 e. The van der Waals surface area contributed by atoms with Crippen LogP contribution in [0.1, 0.15) is 31.0 Å². The Morgan fingerprint density at radius 3 is 2.54 bits per heavy atom. The molecule has 134 valence electrons. The topological polar surface area (TPSA) is 134 Å². The lowest BCUT2D eigenvalue weighted by atomic mass is 10.1. The molecule has 0 atom stereocenters. The van der Waals surface area contributed by atoms with Gasteiger partial charge in [-0.2, -0.15) is 5.26 Å². The van der Waals surface area contributed by atoms with Crippen LogP contribution in [0.3, 0.4) is 0 Å². The molecule has 26 heavy (non-hydrogen) atoms. The first-order chi connectivity index (χ1) is 12.2. The third-order valence-corrected chi connectivity index (χ3v) is 4.27. The fourth-order valence-corrected chi connectivity index (χ4v) is 2.75. The number of pyridine rings is 1. The number of hydrogen-bond donors (Lipinski definition) is 1. The summed E-state index contributed by atoms with van der Waals surface area (Å²) >= 11 is 3.17. The Labute approximate surface area is 156 Å². The van der Waals surface area contributed by atoms with Crippen LogP contribution in [0.25, 0.3) is 0 Å². The van der Waals surface area contributed by atoms with Crippen LogP contribution in [-0.4, -0.2) is 14.6 Å². The number of halogens is 1. The molecule has 2 rings (SSSR count). The molecule has 0 unspecified atom stereocenters. The van der Waals surface area contributed by atoms with Crippen LogP contribution in [0.15, 0.2) is 37.7 Å². The van der Waals surface area contributed by atoms with Crippen molar-refractivity contribution in [1.82, 2.24) is 4.57 Å². The van der Waals surface area contributed by atoms with Gasteiger partial charge in [0.1, 0.15) is 17.3 Å². The lowest BCUT2D eigenvalue weighted by Crippen LogP contribution is -2.23. The van der Waals surface area contributed by atoms with Crippen LogP contribution >= 0.6 is 15.9 Å². The van der Waals surface area contributed by atoms with Crippen LogP contribution in [0.5, 0.6) is 5.88 Å². The smallest absolute Gasteiger partial charge is 0.281 e. The van der Waals surface area contributed by atoms with Crippen molar-refractivity contribution in [3.63, 3.8) is 0 Å². The molecule has 10 heteroatoms. The lowest BCUT2D eigenvalue weighted by Gasteiger charge is -2.15. The number of nitrogens with zero attached hydrogens (tertiary/aromatic N) is 5. The van der Waals surface area contributed by atoms with E-state index in [-0.39, 0.29) is 28.2 Å². The summed E-state index contributed by atoms with van der Waals surface area (Å²) in [7, 11) is 0. The minimum atomic E-state index is -0.587. The minimum absolute atomic E-state index is 0.0602. The number of nitro groups is 1. The van der Waals surface area contributed by atoms with E-state index in [2.05, 4.69) is 26.2 Å². The molecule has 1 N–H and O–H groups in total. The Bertz CT molecular complexity index is 1020. The summed E-state index contributed by atoms with van der Waals surface area (Å²) in [6.07, 6.45) is 0. The Balaban J connectivity index is 2.62. The average molecular weight is 420 g/mol. The number of nitriles is 1. The number of non-ortho nitro benzene ring substituents is 1. The van der Waals surface area contributed by atoms with Crippen molar-refractivity contribution in [3.05, 3.63) is 54.3 Å². The fraction of sp³-hybridized carbons (Fsp3) is 0.250. The molecule has 2 aromatic rings. The number of azo groups is 1. The molecule has 0 aliphatic carbocycles. The van der Waals surface area contributed by atoms with Crippen molar-refractivity contribution < 1.29 is 10.0 Å². The van der Waals surface area contributed by atoms with E-state index in [1.165, 1.54) is 25.1 Å². The second kappa shape index (κ2) is 7.45. The van der Waals surface area contributed by atoms with Gasteiger partial charge >= 0.3 is 0 Å². The van der Waals surface area contributed by atoms with Crippen molar-refractivity contribution >= 4 is 33.0 Å². The number of aromatic nitrogens is 1. The van der Waals surface area contributed by atoms with E-state index in [1.54, 1.807) is 13.8 Å². The van der Waals surface area contributed by atoms with Crippen molar-refractivity contribution in [2.45, 2.75) is 26.8 Å². The predicted octanol–water partition coefficient (Wildman–Crippen LogP) is 4.40. The zero-order valence-corrected chi connectivity index (χ0v) is 15.7. The summed E-state index contributed by atoms with van der Waals surface area (Å²) in [6, 6.07) is 5.38. The highest BCUT2D eigenvalue weighted by Gasteiger charge is 2.20. The molecule has 0 aliphatic rings. The monoisotopic (exact) mass is 419 g/mol. The van der Waals surface area contributed by atoms with Gasteiger partial charge in [0, 0.05) is 23.7 Å². The van der Waals surface area contributed by atoms with E-state index in [0.717, 1.165) is 4.57 Å². The van der Waals surface area contributed by atoms with Crippen LogP contribution < -0.4 is 5.56 Å². The Kier molecular flexibility index (Phi) is 5.52. The summed E-state index contributed by atoms with van der Waals surface area (Å²) in [6.45, 7) is 4.86. The highest BCUT2D eigenvalue weighted by Crippen LogP contribution is 2.32. The Hall–Kier alpha value is -3.06. The van der Waals surface area contributed by atoms with Gasteiger partial charge in [-0.1, -0.05) is 0 Å². The van der Waals surface area contributed by atoms with Gasteiger partial charge in [0.05, 0.1) is 9.40 Å². The number of nitro benzene ring substituents is 1. The summed E-state index contributed by atoms with van der Waals surface area (Å²) < 4.78 is 1.39. The molecule has 0 spiro atoms. The summed E-state index contributed by atoms with van der Waals surface area (Å²) in [4.78, 5) is 22.8. The third kappa shape index (κ3) is 3.48. The van der Waals surface area contributed by atoms with Crippen LogP contribution in [0.4, 0.5) is 17.1 Å². The van der Waals surface area contributed by atoms with Gasteiger partial charge in [-0.3, -0.25) is 19.5 Å². The number of benzene rings is 1. The van der Waals surface area contributed by atoms with E-state index in [1.807, 2.05) is 6.07 Å². The van der Waals surface area contributed by atoms with Gasteiger partial charge in [0.2, 0.25) is 5.88 Å². The Morgan fingerprint density at radius 2 is 2.04 bits per heavy atom. The molecule has 1 aromatic carbocycles. The first-order valence-electron chi connectivity index (χ1n) is 7.42. The van der Waals surface area contributed by atoms with Gasteiger partial charge in [-0.15, -0.1) is 10.2 Å². The van der Waals surface area contributed by atoms with Gasteiger partial charge < -0.3 is 5.11 Å². The normalized spacial score (nSPS) is 11.1. The molecule has 1 aromatic heterocycles. The van der Waals surface area contributed by atoms with Crippen LogP contribution in [0, 0.1) is 28.4 Å². The molecular formula is C16H14BrN5O4. The van der Waals surface area contributed by atoms with Crippen molar-refractivity contribution in [1.29, 1.82) is 5.26 Å². The fourth-order valence-electron chi connectivity index (χ4n) is 2.30. The zero-order valence-electron chi connectivity index (χ0n) is 14.1. The molecular weight excluding hydrogens is 406 g/mol. The summed E-state index contributed by atoms with van der Waals surface area (Å²) in [5.74, 6) is -0.416. The highest BCUT2D eigenvalue weighted by atomic mass is 79.9. The van der Waals surface area contributed by atoms with E-state index in [4.69, 9.17) is 0 Å². The molecule has 9 nitrogen and oxygen atoms in total. The molecule has 0 fully saturated rings. The molecule has 1 heterocycles. The minimum Gasteiger partial charge on any atom is -0.493 e. The maximum absolute atomic E-state index is 12.6. The third-order valence-electron chi connectivity index (χ3n) is 3.63. The number of rotatable bonds is 4. The predicted molar refractivity (Wildman–Crippen MR) is 97.2 cm³/mol. The molecule has 0 saturated carbocycles. The second-order valence-corrected chi connectivity index (χ2v) is 6.50. The van der Waals surface area contributed by atoms with Gasteiger partial charge in [-0.25, -0.2) is 0 Å². The molecule has 0 bridgehead atoms. The molecule has 0 radical (unpaired) electrons. The largest absolute Gasteiger partial charge is 0.493 e. The average Bonchev–Trinajstić information content (AvgIpc) is 2.55. The van der Waals surface area contributed by atoms with Crippen molar-refractivity contribution in [2.24, 2.45) is 10.2 Å². The van der Waals surface area contributed by atoms with E-state index >= 15 is 0 Å².